The Kier molecular flexibility index (Phi) is 6.44. The molecule has 0 unspecified atom stereocenters. The van der Waals surface area contributed by atoms with Gasteiger partial charge in [-0.25, -0.2) is 0 Å². The number of benzene rings is 1. The minimum atomic E-state index is -0.289. The van der Waals surface area contributed by atoms with E-state index in [1.807, 2.05) is 41.8 Å². The highest BCUT2D eigenvalue weighted by atomic mass is 16.5. The Labute approximate surface area is 166 Å². The molecule has 0 spiro atoms. The van der Waals surface area contributed by atoms with Gasteiger partial charge in [-0.3, -0.25) is 9.59 Å². The van der Waals surface area contributed by atoms with Gasteiger partial charge in [0.25, 0.3) is 0 Å². The van der Waals surface area contributed by atoms with E-state index < -0.39 is 0 Å². The van der Waals surface area contributed by atoms with Crippen LogP contribution in [0.1, 0.15) is 25.3 Å². The zero-order valence-electron chi connectivity index (χ0n) is 17.1. The summed E-state index contributed by atoms with van der Waals surface area (Å²) in [6.07, 6.45) is 0. The van der Waals surface area contributed by atoms with Crippen LogP contribution in [0.25, 0.3) is 0 Å². The molecule has 7 nitrogen and oxygen atoms in total. The number of nitrogens with zero attached hydrogens (tertiary/aromatic N) is 2. The summed E-state index contributed by atoms with van der Waals surface area (Å²) < 4.78 is 16.3. The van der Waals surface area contributed by atoms with Crippen molar-refractivity contribution in [3.05, 3.63) is 23.8 Å². The van der Waals surface area contributed by atoms with E-state index in [0.29, 0.717) is 50.9 Å². The van der Waals surface area contributed by atoms with Gasteiger partial charge in [-0.05, 0) is 6.07 Å². The average Bonchev–Trinajstić information content (AvgIpc) is 3.17. The van der Waals surface area contributed by atoms with Crippen LogP contribution >= 0.6 is 0 Å². The zero-order chi connectivity index (χ0) is 20.3. The van der Waals surface area contributed by atoms with Crippen molar-refractivity contribution in [3.8, 4) is 11.5 Å². The van der Waals surface area contributed by atoms with E-state index in [0.717, 1.165) is 5.56 Å². The van der Waals surface area contributed by atoms with E-state index in [4.69, 9.17) is 14.2 Å². The lowest BCUT2D eigenvalue weighted by atomic mass is 9.87. The maximum atomic E-state index is 13.3. The summed E-state index contributed by atoms with van der Waals surface area (Å²) in [5.74, 6) is 1.05. The quantitative estimate of drug-likeness (QED) is 0.766. The first-order valence-corrected chi connectivity index (χ1v) is 9.83. The predicted molar refractivity (Wildman–Crippen MR) is 105 cm³/mol. The Hall–Kier alpha value is -2.28. The minimum absolute atomic E-state index is 0.0785. The molecule has 2 aliphatic heterocycles. The number of hydrogen-bond donors (Lipinski definition) is 0. The van der Waals surface area contributed by atoms with E-state index >= 15 is 0 Å². The van der Waals surface area contributed by atoms with Crippen molar-refractivity contribution >= 4 is 11.8 Å². The molecule has 1 aromatic carbocycles. The number of ether oxygens (including phenoxy) is 3. The van der Waals surface area contributed by atoms with Gasteiger partial charge in [0.15, 0.2) is 0 Å². The molecule has 2 amide bonds. The Bertz CT molecular complexity index is 715. The predicted octanol–water partition coefficient (Wildman–Crippen LogP) is 1.76. The number of carbonyl (C=O) groups excluding carboxylic acids is 2. The fourth-order valence-corrected chi connectivity index (χ4v) is 4.06. The maximum Gasteiger partial charge on any atom is 0.228 e. The molecule has 0 aliphatic carbocycles. The molecule has 2 fully saturated rings. The third-order valence-electron chi connectivity index (χ3n) is 5.61. The van der Waals surface area contributed by atoms with Crippen LogP contribution in [-0.2, 0) is 14.3 Å². The number of amides is 2. The van der Waals surface area contributed by atoms with E-state index in [9.17, 15) is 9.59 Å². The summed E-state index contributed by atoms with van der Waals surface area (Å²) in [4.78, 5) is 29.6. The van der Waals surface area contributed by atoms with E-state index in [2.05, 4.69) is 0 Å². The average molecular weight is 390 g/mol. The Morgan fingerprint density at radius 2 is 1.79 bits per heavy atom. The van der Waals surface area contributed by atoms with Crippen LogP contribution in [0.5, 0.6) is 11.5 Å². The van der Waals surface area contributed by atoms with Crippen LogP contribution in [0.3, 0.4) is 0 Å². The molecule has 2 heterocycles. The van der Waals surface area contributed by atoms with Crippen molar-refractivity contribution in [1.29, 1.82) is 0 Å². The third kappa shape index (κ3) is 4.09. The van der Waals surface area contributed by atoms with Crippen LogP contribution in [0.15, 0.2) is 18.2 Å². The highest BCUT2D eigenvalue weighted by Crippen LogP contribution is 2.40. The normalized spacial score (nSPS) is 22.5. The lowest BCUT2D eigenvalue weighted by molar-refractivity contribution is -0.140. The summed E-state index contributed by atoms with van der Waals surface area (Å²) in [5.41, 5.74) is 0.939. The second-order valence-corrected chi connectivity index (χ2v) is 7.66. The summed E-state index contributed by atoms with van der Waals surface area (Å²) in [5, 5.41) is 0. The second kappa shape index (κ2) is 8.82. The van der Waals surface area contributed by atoms with Gasteiger partial charge in [0, 0.05) is 49.6 Å². The largest absolute Gasteiger partial charge is 0.497 e. The number of morpholine rings is 1. The molecule has 0 saturated carbocycles. The standard InChI is InChI=1S/C21H30N2O5/c1-14(2)20(24)23-12-17(16-6-5-15(26-3)11-19(16)27-4)18(13-23)21(25)22-7-9-28-10-8-22/h5-6,11,14,17-18H,7-10,12-13H2,1-4H3/t17-,18-/m1/s1. The van der Waals surface area contributed by atoms with Crippen LogP contribution < -0.4 is 9.47 Å². The molecule has 2 saturated heterocycles. The molecule has 7 heteroatoms. The van der Waals surface area contributed by atoms with Crippen molar-refractivity contribution in [1.82, 2.24) is 9.80 Å². The molecule has 28 heavy (non-hydrogen) atoms. The summed E-state index contributed by atoms with van der Waals surface area (Å²) in [7, 11) is 3.22. The van der Waals surface area contributed by atoms with Crippen LogP contribution in [0, 0.1) is 11.8 Å². The fraction of sp³-hybridized carbons (Fsp3) is 0.619. The van der Waals surface area contributed by atoms with Gasteiger partial charge in [0.1, 0.15) is 11.5 Å². The molecule has 2 aliphatic rings. The molecule has 0 N–H and O–H groups in total. The minimum Gasteiger partial charge on any atom is -0.497 e. The zero-order valence-corrected chi connectivity index (χ0v) is 17.1. The SMILES string of the molecule is COc1ccc([C@H]2CN(C(=O)C(C)C)C[C@H]2C(=O)N2CCOCC2)c(OC)c1. The molecule has 154 valence electrons. The first kappa shape index (κ1) is 20.5. The first-order valence-electron chi connectivity index (χ1n) is 9.83. The highest BCUT2D eigenvalue weighted by Gasteiger charge is 2.43. The fourth-order valence-electron chi connectivity index (χ4n) is 4.06. The van der Waals surface area contributed by atoms with Crippen molar-refractivity contribution in [2.24, 2.45) is 11.8 Å². The number of likely N-dealkylation sites (tertiary alicyclic amines) is 1. The van der Waals surface area contributed by atoms with Gasteiger partial charge in [0.2, 0.25) is 11.8 Å². The Morgan fingerprint density at radius 3 is 2.39 bits per heavy atom. The molecule has 0 radical (unpaired) electrons. The Morgan fingerprint density at radius 1 is 1.07 bits per heavy atom. The topological polar surface area (TPSA) is 68.3 Å². The molecular weight excluding hydrogens is 360 g/mol. The molecule has 2 atom stereocenters. The molecule has 0 bridgehead atoms. The Balaban J connectivity index is 1.92. The molecule has 1 aromatic rings. The summed E-state index contributed by atoms with van der Waals surface area (Å²) in [6, 6.07) is 5.66. The summed E-state index contributed by atoms with van der Waals surface area (Å²) in [6.45, 7) is 7.05. The van der Waals surface area contributed by atoms with Gasteiger partial charge in [-0.15, -0.1) is 0 Å². The monoisotopic (exact) mass is 390 g/mol. The number of rotatable bonds is 5. The second-order valence-electron chi connectivity index (χ2n) is 7.66. The van der Waals surface area contributed by atoms with Crippen LogP contribution in [-0.4, -0.2) is 75.2 Å². The molecule has 3 rings (SSSR count). The smallest absolute Gasteiger partial charge is 0.228 e. The van der Waals surface area contributed by atoms with Crippen molar-refractivity contribution < 1.29 is 23.8 Å². The van der Waals surface area contributed by atoms with Crippen molar-refractivity contribution in [2.45, 2.75) is 19.8 Å². The molecule has 0 aromatic heterocycles. The van der Waals surface area contributed by atoms with Gasteiger partial charge in [-0.1, -0.05) is 19.9 Å². The van der Waals surface area contributed by atoms with E-state index in [1.54, 1.807) is 14.2 Å². The molecular formula is C21H30N2O5. The van der Waals surface area contributed by atoms with Crippen LogP contribution in [0.2, 0.25) is 0 Å². The lowest BCUT2D eigenvalue weighted by Crippen LogP contribution is -2.45. The highest BCUT2D eigenvalue weighted by molar-refractivity contribution is 5.84. The van der Waals surface area contributed by atoms with Gasteiger partial charge < -0.3 is 24.0 Å². The number of carbonyl (C=O) groups is 2. The lowest BCUT2D eigenvalue weighted by Gasteiger charge is -2.31. The van der Waals surface area contributed by atoms with Crippen LogP contribution in [0.4, 0.5) is 0 Å². The number of methoxy groups -OCH3 is 2. The number of hydrogen-bond acceptors (Lipinski definition) is 5. The van der Waals surface area contributed by atoms with Crippen molar-refractivity contribution in [2.75, 3.05) is 53.6 Å². The first-order chi connectivity index (χ1) is 13.5. The third-order valence-corrected chi connectivity index (χ3v) is 5.61. The van der Waals surface area contributed by atoms with Gasteiger partial charge in [0.05, 0.1) is 33.4 Å². The van der Waals surface area contributed by atoms with E-state index in [-0.39, 0.29) is 29.6 Å². The van der Waals surface area contributed by atoms with Gasteiger partial charge >= 0.3 is 0 Å². The summed E-state index contributed by atoms with van der Waals surface area (Å²) >= 11 is 0. The maximum absolute atomic E-state index is 13.3. The van der Waals surface area contributed by atoms with Gasteiger partial charge in [-0.2, -0.15) is 0 Å². The van der Waals surface area contributed by atoms with E-state index in [1.165, 1.54) is 0 Å². The van der Waals surface area contributed by atoms with Crippen molar-refractivity contribution in [3.63, 3.8) is 0 Å².